The van der Waals surface area contributed by atoms with Crippen LogP contribution in [0, 0.1) is 12.8 Å². The fourth-order valence-electron chi connectivity index (χ4n) is 1.68. The first-order valence-corrected chi connectivity index (χ1v) is 8.33. The summed E-state index contributed by atoms with van der Waals surface area (Å²) in [7, 11) is -2.56. The van der Waals surface area contributed by atoms with Gasteiger partial charge in [-0.15, -0.1) is 0 Å². The zero-order valence-electron chi connectivity index (χ0n) is 11.8. The third-order valence-corrected chi connectivity index (χ3v) is 4.92. The Hall–Kier alpha value is -0.920. The predicted octanol–water partition coefficient (Wildman–Crippen LogP) is 2.23. The summed E-state index contributed by atoms with van der Waals surface area (Å²) >= 11 is 3.24. The first kappa shape index (κ1) is 17.1. The number of halogens is 1. The van der Waals surface area contributed by atoms with Crippen LogP contribution in [0.2, 0.25) is 0 Å². The number of rotatable bonds is 5. The number of hydrogen-bond donors (Lipinski definition) is 1. The molecule has 0 saturated carbocycles. The molecule has 0 amide bonds. The highest BCUT2D eigenvalue weighted by atomic mass is 79.9. The number of aryl methyl sites for hydroxylation is 1. The Morgan fingerprint density at radius 3 is 2.45 bits per heavy atom. The maximum Gasteiger partial charge on any atom is 0.324 e. The van der Waals surface area contributed by atoms with E-state index in [9.17, 15) is 13.2 Å². The van der Waals surface area contributed by atoms with Crippen LogP contribution in [-0.2, 0) is 19.6 Å². The van der Waals surface area contributed by atoms with Gasteiger partial charge in [0.15, 0.2) is 0 Å². The molecule has 7 heteroatoms. The van der Waals surface area contributed by atoms with Gasteiger partial charge in [0.05, 0.1) is 12.0 Å². The summed E-state index contributed by atoms with van der Waals surface area (Å²) < 4.78 is 32.5. The van der Waals surface area contributed by atoms with Gasteiger partial charge in [0.1, 0.15) is 6.04 Å². The summed E-state index contributed by atoms with van der Waals surface area (Å²) in [4.78, 5) is 11.8. The van der Waals surface area contributed by atoms with E-state index in [-0.39, 0.29) is 10.8 Å². The molecule has 0 fully saturated rings. The lowest BCUT2D eigenvalue weighted by molar-refractivity contribution is -0.143. The van der Waals surface area contributed by atoms with Gasteiger partial charge in [0.2, 0.25) is 10.0 Å². The molecule has 20 heavy (non-hydrogen) atoms. The highest BCUT2D eigenvalue weighted by Crippen LogP contribution is 2.21. The van der Waals surface area contributed by atoms with Crippen LogP contribution in [0.4, 0.5) is 0 Å². The SMILES string of the molecule is COC(=O)[C@@H](NS(=O)(=O)c1cc(Br)ccc1C)C(C)C. The normalized spacial score (nSPS) is 13.3. The Morgan fingerprint density at radius 1 is 1.35 bits per heavy atom. The number of carbonyl (C=O) groups excluding carboxylic acids is 1. The number of nitrogens with one attached hydrogen (secondary N) is 1. The van der Waals surface area contributed by atoms with E-state index >= 15 is 0 Å². The number of esters is 1. The molecule has 0 aromatic heterocycles. The van der Waals surface area contributed by atoms with Crippen molar-refractivity contribution < 1.29 is 17.9 Å². The number of ether oxygens (including phenoxy) is 1. The summed E-state index contributed by atoms with van der Waals surface area (Å²) in [5.74, 6) is -0.819. The Bertz CT molecular complexity index is 598. The first-order chi connectivity index (χ1) is 9.19. The van der Waals surface area contributed by atoms with Crippen molar-refractivity contribution in [3.63, 3.8) is 0 Å². The van der Waals surface area contributed by atoms with E-state index in [1.54, 1.807) is 32.9 Å². The molecule has 0 unspecified atom stereocenters. The molecule has 0 aliphatic rings. The standard InChI is InChI=1S/C13H18BrNO4S/c1-8(2)12(13(16)19-4)15-20(17,18)11-7-10(14)6-5-9(11)3/h5-8,12,15H,1-4H3/t12-/m0/s1. The summed E-state index contributed by atoms with van der Waals surface area (Å²) in [6.07, 6.45) is 0. The smallest absolute Gasteiger partial charge is 0.324 e. The number of hydrogen-bond acceptors (Lipinski definition) is 4. The minimum atomic E-state index is -3.79. The zero-order valence-corrected chi connectivity index (χ0v) is 14.2. The molecule has 1 aromatic carbocycles. The second kappa shape index (κ2) is 6.69. The van der Waals surface area contributed by atoms with Crippen LogP contribution in [-0.4, -0.2) is 27.5 Å². The molecular formula is C13H18BrNO4S. The maximum atomic E-state index is 12.4. The molecule has 112 valence electrons. The van der Waals surface area contributed by atoms with E-state index in [0.717, 1.165) is 0 Å². The van der Waals surface area contributed by atoms with E-state index in [2.05, 4.69) is 25.4 Å². The fraction of sp³-hybridized carbons (Fsp3) is 0.462. The lowest BCUT2D eigenvalue weighted by Crippen LogP contribution is -2.45. The monoisotopic (exact) mass is 363 g/mol. The third kappa shape index (κ3) is 4.04. The summed E-state index contributed by atoms with van der Waals surface area (Å²) in [5, 5.41) is 0. The Labute approximate surface area is 127 Å². The third-order valence-electron chi connectivity index (χ3n) is 2.84. The van der Waals surface area contributed by atoms with Gasteiger partial charge in [0, 0.05) is 4.47 Å². The Balaban J connectivity index is 3.16. The van der Waals surface area contributed by atoms with Gasteiger partial charge in [-0.1, -0.05) is 35.8 Å². The van der Waals surface area contributed by atoms with Crippen LogP contribution >= 0.6 is 15.9 Å². The summed E-state index contributed by atoms with van der Waals surface area (Å²) in [6.45, 7) is 5.19. The Morgan fingerprint density at radius 2 is 1.95 bits per heavy atom. The fourth-order valence-corrected chi connectivity index (χ4v) is 3.79. The molecule has 1 aromatic rings. The largest absolute Gasteiger partial charge is 0.468 e. The number of benzene rings is 1. The number of carbonyl (C=O) groups is 1. The molecule has 0 aliphatic carbocycles. The molecule has 1 atom stereocenters. The maximum absolute atomic E-state index is 12.4. The molecule has 0 spiro atoms. The quantitative estimate of drug-likeness (QED) is 0.814. The van der Waals surface area contributed by atoms with Crippen molar-refractivity contribution in [2.75, 3.05) is 7.11 Å². The van der Waals surface area contributed by atoms with Crippen LogP contribution in [0.25, 0.3) is 0 Å². The van der Waals surface area contributed by atoms with E-state index in [0.29, 0.717) is 10.0 Å². The molecular weight excluding hydrogens is 346 g/mol. The lowest BCUT2D eigenvalue weighted by atomic mass is 10.1. The average molecular weight is 364 g/mol. The summed E-state index contributed by atoms with van der Waals surface area (Å²) in [6, 6.07) is 4.05. The van der Waals surface area contributed by atoms with E-state index in [4.69, 9.17) is 0 Å². The van der Waals surface area contributed by atoms with Crippen molar-refractivity contribution in [1.82, 2.24) is 4.72 Å². The van der Waals surface area contributed by atoms with Gasteiger partial charge in [-0.25, -0.2) is 8.42 Å². The minimum absolute atomic E-state index is 0.140. The predicted molar refractivity (Wildman–Crippen MR) is 79.8 cm³/mol. The lowest BCUT2D eigenvalue weighted by Gasteiger charge is -2.20. The van der Waals surface area contributed by atoms with Gasteiger partial charge in [0.25, 0.3) is 0 Å². The van der Waals surface area contributed by atoms with Gasteiger partial charge in [-0.05, 0) is 30.5 Å². The van der Waals surface area contributed by atoms with Crippen molar-refractivity contribution in [3.05, 3.63) is 28.2 Å². The van der Waals surface area contributed by atoms with Crippen molar-refractivity contribution in [1.29, 1.82) is 0 Å². The second-order valence-electron chi connectivity index (χ2n) is 4.78. The first-order valence-electron chi connectivity index (χ1n) is 6.05. The number of sulfonamides is 1. The van der Waals surface area contributed by atoms with Gasteiger partial charge >= 0.3 is 5.97 Å². The van der Waals surface area contributed by atoms with E-state index in [1.165, 1.54) is 13.2 Å². The van der Waals surface area contributed by atoms with Gasteiger partial charge < -0.3 is 4.74 Å². The van der Waals surface area contributed by atoms with Crippen LogP contribution in [0.5, 0.6) is 0 Å². The van der Waals surface area contributed by atoms with Crippen LogP contribution in [0.3, 0.4) is 0 Å². The van der Waals surface area contributed by atoms with Gasteiger partial charge in [-0.3, -0.25) is 4.79 Å². The molecule has 0 heterocycles. The molecule has 0 radical (unpaired) electrons. The molecule has 1 N–H and O–H groups in total. The Kier molecular flexibility index (Phi) is 5.73. The van der Waals surface area contributed by atoms with Gasteiger partial charge in [-0.2, -0.15) is 4.72 Å². The highest BCUT2D eigenvalue weighted by molar-refractivity contribution is 9.10. The topological polar surface area (TPSA) is 72.5 Å². The molecule has 0 aliphatic heterocycles. The van der Waals surface area contributed by atoms with Crippen molar-refractivity contribution >= 4 is 31.9 Å². The highest BCUT2D eigenvalue weighted by Gasteiger charge is 2.29. The zero-order chi connectivity index (χ0) is 15.5. The molecule has 5 nitrogen and oxygen atoms in total. The van der Waals surface area contributed by atoms with E-state index < -0.39 is 22.0 Å². The second-order valence-corrected chi connectivity index (χ2v) is 7.37. The van der Waals surface area contributed by atoms with E-state index in [1.807, 2.05) is 0 Å². The molecule has 1 rings (SSSR count). The average Bonchev–Trinajstić information content (AvgIpc) is 2.37. The van der Waals surface area contributed by atoms with Crippen molar-refractivity contribution in [2.45, 2.75) is 31.7 Å². The summed E-state index contributed by atoms with van der Waals surface area (Å²) in [5.41, 5.74) is 0.605. The van der Waals surface area contributed by atoms with Crippen molar-refractivity contribution in [2.24, 2.45) is 5.92 Å². The number of methoxy groups -OCH3 is 1. The molecule has 0 saturated heterocycles. The van der Waals surface area contributed by atoms with Crippen LogP contribution < -0.4 is 4.72 Å². The minimum Gasteiger partial charge on any atom is -0.468 e. The van der Waals surface area contributed by atoms with Crippen LogP contribution in [0.1, 0.15) is 19.4 Å². The van der Waals surface area contributed by atoms with Crippen LogP contribution in [0.15, 0.2) is 27.6 Å². The van der Waals surface area contributed by atoms with Crippen molar-refractivity contribution in [3.8, 4) is 0 Å². The molecule has 0 bridgehead atoms.